The van der Waals surface area contributed by atoms with Crippen LogP contribution in [0.1, 0.15) is 54.7 Å². The van der Waals surface area contributed by atoms with Gasteiger partial charge in [-0.1, -0.05) is 0 Å². The van der Waals surface area contributed by atoms with Gasteiger partial charge in [-0.25, -0.2) is 0 Å². The highest BCUT2D eigenvalue weighted by Crippen LogP contribution is 2.39. The van der Waals surface area contributed by atoms with Gasteiger partial charge in [-0.05, 0) is 56.9 Å². The van der Waals surface area contributed by atoms with E-state index >= 15 is 0 Å². The van der Waals surface area contributed by atoms with Gasteiger partial charge in [-0.15, -0.1) is 10.2 Å². The van der Waals surface area contributed by atoms with E-state index in [1.807, 2.05) is 17.6 Å². The molecule has 0 spiro atoms. The number of piperidine rings is 1. The summed E-state index contributed by atoms with van der Waals surface area (Å²) in [7, 11) is 0. The molecule has 4 heterocycles. The fourth-order valence-corrected chi connectivity index (χ4v) is 3.79. The topological polar surface area (TPSA) is 59.2 Å². The summed E-state index contributed by atoms with van der Waals surface area (Å²) in [6, 6.07) is 8.44. The summed E-state index contributed by atoms with van der Waals surface area (Å²) in [5, 5.41) is 13.6. The van der Waals surface area contributed by atoms with Crippen LogP contribution < -0.4 is 4.90 Å². The zero-order valence-electron chi connectivity index (χ0n) is 14.5. The molecule has 3 aromatic rings. The fraction of sp³-hybridized carbons (Fsp3) is 0.474. The lowest BCUT2D eigenvalue weighted by Crippen LogP contribution is -2.33. The molecule has 6 heteroatoms. The first-order chi connectivity index (χ1) is 12.3. The molecule has 2 fully saturated rings. The Morgan fingerprint density at radius 3 is 2.56 bits per heavy atom. The molecule has 0 N–H and O–H groups in total. The zero-order valence-corrected chi connectivity index (χ0v) is 14.5. The predicted molar refractivity (Wildman–Crippen MR) is 95.9 cm³/mol. The first kappa shape index (κ1) is 14.8. The number of nitrogens with zero attached hydrogens (tertiary/aromatic N) is 6. The third-order valence-electron chi connectivity index (χ3n) is 5.41. The smallest absolute Gasteiger partial charge is 0.177 e. The van der Waals surface area contributed by atoms with E-state index in [0.29, 0.717) is 11.8 Å². The Hall–Kier alpha value is -2.50. The minimum absolute atomic E-state index is 0.427. The molecule has 128 valence electrons. The molecule has 1 saturated heterocycles. The summed E-state index contributed by atoms with van der Waals surface area (Å²) in [5.41, 5.74) is 4.40. The largest absolute Gasteiger partial charge is 0.371 e. The van der Waals surface area contributed by atoms with Crippen molar-refractivity contribution in [2.45, 2.75) is 44.4 Å². The standard InChI is InChI=1S/C19H22N6/c1-13-12-16(6-9-20-13)24-10-7-15(8-11-24)19-22-21-18-5-4-17(14-2-3-14)23-25(18)19/h4-6,9,12,14-15H,2-3,7-8,10-11H2,1H3. The molecular weight excluding hydrogens is 312 g/mol. The summed E-state index contributed by atoms with van der Waals surface area (Å²) in [6.07, 6.45) is 6.58. The molecular formula is C19H22N6. The first-order valence-corrected chi connectivity index (χ1v) is 9.18. The third-order valence-corrected chi connectivity index (χ3v) is 5.41. The van der Waals surface area contributed by atoms with Gasteiger partial charge in [0.2, 0.25) is 0 Å². The molecule has 0 radical (unpaired) electrons. The van der Waals surface area contributed by atoms with Crippen LogP contribution in [0.3, 0.4) is 0 Å². The van der Waals surface area contributed by atoms with Crippen molar-refractivity contribution < 1.29 is 0 Å². The lowest BCUT2D eigenvalue weighted by atomic mass is 9.95. The van der Waals surface area contributed by atoms with E-state index in [1.165, 1.54) is 24.2 Å². The van der Waals surface area contributed by atoms with Crippen LogP contribution in [0, 0.1) is 6.92 Å². The lowest BCUT2D eigenvalue weighted by molar-refractivity contribution is 0.476. The van der Waals surface area contributed by atoms with Crippen LogP contribution in [0.15, 0.2) is 30.5 Å². The average molecular weight is 334 g/mol. The van der Waals surface area contributed by atoms with Crippen LogP contribution >= 0.6 is 0 Å². The Balaban J connectivity index is 1.37. The number of aryl methyl sites for hydroxylation is 1. The molecule has 0 unspecified atom stereocenters. The Bertz CT molecular complexity index is 905. The van der Waals surface area contributed by atoms with Gasteiger partial charge in [0.1, 0.15) is 0 Å². The number of fused-ring (bicyclic) bond motifs is 1. The van der Waals surface area contributed by atoms with E-state index in [2.05, 4.69) is 44.3 Å². The molecule has 0 amide bonds. The highest BCUT2D eigenvalue weighted by Gasteiger charge is 2.28. The van der Waals surface area contributed by atoms with Crippen LogP contribution in [0.2, 0.25) is 0 Å². The normalized spacial score (nSPS) is 18.8. The number of hydrogen-bond acceptors (Lipinski definition) is 5. The van der Waals surface area contributed by atoms with E-state index in [-0.39, 0.29) is 0 Å². The van der Waals surface area contributed by atoms with Crippen molar-refractivity contribution in [1.82, 2.24) is 24.8 Å². The Kier molecular flexibility index (Phi) is 3.43. The van der Waals surface area contributed by atoms with Gasteiger partial charge >= 0.3 is 0 Å². The van der Waals surface area contributed by atoms with E-state index in [1.54, 1.807) is 0 Å². The van der Waals surface area contributed by atoms with Crippen molar-refractivity contribution in [1.29, 1.82) is 0 Å². The van der Waals surface area contributed by atoms with Crippen molar-refractivity contribution in [2.75, 3.05) is 18.0 Å². The van der Waals surface area contributed by atoms with Crippen LogP contribution in [0.4, 0.5) is 5.69 Å². The monoisotopic (exact) mass is 334 g/mol. The zero-order chi connectivity index (χ0) is 16.8. The van der Waals surface area contributed by atoms with Gasteiger partial charge in [0.25, 0.3) is 0 Å². The molecule has 1 aliphatic heterocycles. The highest BCUT2D eigenvalue weighted by atomic mass is 15.4. The molecule has 6 nitrogen and oxygen atoms in total. The Labute approximate surface area is 146 Å². The third kappa shape index (κ3) is 2.75. The number of aromatic nitrogens is 5. The summed E-state index contributed by atoms with van der Waals surface area (Å²) < 4.78 is 1.99. The summed E-state index contributed by atoms with van der Waals surface area (Å²) >= 11 is 0. The SMILES string of the molecule is Cc1cc(N2CCC(c3nnc4ccc(C5CC5)nn34)CC2)ccn1. The van der Waals surface area contributed by atoms with Gasteiger partial charge in [-0.3, -0.25) is 4.98 Å². The molecule has 0 bridgehead atoms. The van der Waals surface area contributed by atoms with Crippen LogP contribution in [0.25, 0.3) is 5.65 Å². The number of rotatable bonds is 3. The van der Waals surface area contributed by atoms with E-state index in [0.717, 1.165) is 43.1 Å². The molecule has 0 atom stereocenters. The quantitative estimate of drug-likeness (QED) is 0.737. The Morgan fingerprint density at radius 2 is 1.80 bits per heavy atom. The number of pyridine rings is 1. The minimum Gasteiger partial charge on any atom is -0.371 e. The highest BCUT2D eigenvalue weighted by molar-refractivity contribution is 5.47. The maximum Gasteiger partial charge on any atom is 0.177 e. The molecule has 0 aromatic carbocycles. The number of hydrogen-bond donors (Lipinski definition) is 0. The molecule has 5 rings (SSSR count). The van der Waals surface area contributed by atoms with E-state index in [9.17, 15) is 0 Å². The Morgan fingerprint density at radius 1 is 0.960 bits per heavy atom. The molecule has 25 heavy (non-hydrogen) atoms. The van der Waals surface area contributed by atoms with Gasteiger partial charge < -0.3 is 4.90 Å². The second kappa shape index (κ2) is 5.79. The van der Waals surface area contributed by atoms with Crippen LogP contribution in [-0.4, -0.2) is 37.9 Å². The maximum atomic E-state index is 4.83. The first-order valence-electron chi connectivity index (χ1n) is 9.18. The summed E-state index contributed by atoms with van der Waals surface area (Å²) in [4.78, 5) is 6.74. The summed E-state index contributed by atoms with van der Waals surface area (Å²) in [5.74, 6) is 2.11. The number of anilines is 1. The van der Waals surface area contributed by atoms with Crippen LogP contribution in [-0.2, 0) is 0 Å². The maximum absolute atomic E-state index is 4.83. The fourth-order valence-electron chi connectivity index (χ4n) is 3.79. The second-order valence-electron chi connectivity index (χ2n) is 7.28. The van der Waals surface area contributed by atoms with Crippen molar-refractivity contribution in [2.24, 2.45) is 0 Å². The van der Waals surface area contributed by atoms with Gasteiger partial charge in [0, 0.05) is 42.5 Å². The summed E-state index contributed by atoms with van der Waals surface area (Å²) in [6.45, 7) is 4.11. The van der Waals surface area contributed by atoms with Crippen molar-refractivity contribution in [3.8, 4) is 0 Å². The molecule has 1 saturated carbocycles. The second-order valence-corrected chi connectivity index (χ2v) is 7.28. The van der Waals surface area contributed by atoms with E-state index < -0.39 is 0 Å². The van der Waals surface area contributed by atoms with Gasteiger partial charge in [0.15, 0.2) is 11.5 Å². The van der Waals surface area contributed by atoms with E-state index in [4.69, 9.17) is 5.10 Å². The minimum atomic E-state index is 0.427. The van der Waals surface area contributed by atoms with Crippen molar-refractivity contribution in [3.63, 3.8) is 0 Å². The molecule has 2 aliphatic rings. The molecule has 3 aromatic heterocycles. The lowest BCUT2D eigenvalue weighted by Gasteiger charge is -2.32. The predicted octanol–water partition coefficient (Wildman–Crippen LogP) is 3.09. The van der Waals surface area contributed by atoms with Crippen LogP contribution in [0.5, 0.6) is 0 Å². The van der Waals surface area contributed by atoms with Crippen molar-refractivity contribution in [3.05, 3.63) is 47.7 Å². The van der Waals surface area contributed by atoms with Gasteiger partial charge in [-0.2, -0.15) is 9.61 Å². The van der Waals surface area contributed by atoms with Gasteiger partial charge in [0.05, 0.1) is 5.69 Å². The van der Waals surface area contributed by atoms with Crippen molar-refractivity contribution >= 4 is 11.3 Å². The average Bonchev–Trinajstić information content (AvgIpc) is 3.41. The molecule has 1 aliphatic carbocycles.